The van der Waals surface area contributed by atoms with E-state index in [0.717, 1.165) is 6.42 Å². The lowest BCUT2D eigenvalue weighted by Gasteiger charge is -2.11. The molecule has 0 aliphatic heterocycles. The highest BCUT2D eigenvalue weighted by Gasteiger charge is 2.18. The number of non-ortho nitro benzene ring substituents is 1. The summed E-state index contributed by atoms with van der Waals surface area (Å²) in [5.41, 5.74) is 1.06. The number of benzene rings is 1. The van der Waals surface area contributed by atoms with Crippen molar-refractivity contribution in [3.8, 4) is 6.07 Å². The second-order valence-corrected chi connectivity index (χ2v) is 4.22. The zero-order chi connectivity index (χ0) is 14.4. The normalized spacial score (nSPS) is 11.4. The summed E-state index contributed by atoms with van der Waals surface area (Å²) in [6, 6.07) is 6.14. The maximum Gasteiger partial charge on any atom is 0.269 e. The Morgan fingerprint density at radius 1 is 1.58 bits per heavy atom. The largest absolute Gasteiger partial charge is 0.325 e. The number of nitriles is 1. The van der Waals surface area contributed by atoms with Gasteiger partial charge in [0.1, 0.15) is 5.92 Å². The Bertz CT molecular complexity index is 534. The van der Waals surface area contributed by atoms with E-state index in [2.05, 4.69) is 5.32 Å². The van der Waals surface area contributed by atoms with Crippen molar-refractivity contribution in [2.24, 2.45) is 5.92 Å². The third-order valence-corrected chi connectivity index (χ3v) is 2.73. The van der Waals surface area contributed by atoms with Gasteiger partial charge >= 0.3 is 0 Å². The van der Waals surface area contributed by atoms with Crippen LogP contribution in [0.4, 0.5) is 11.4 Å². The molecule has 19 heavy (non-hydrogen) atoms. The first-order valence-electron chi connectivity index (χ1n) is 5.95. The van der Waals surface area contributed by atoms with Crippen LogP contribution >= 0.6 is 0 Å². The van der Waals surface area contributed by atoms with Crippen LogP contribution in [0.5, 0.6) is 0 Å². The fraction of sp³-hybridized carbons (Fsp3) is 0.385. The highest BCUT2D eigenvalue weighted by molar-refractivity contribution is 5.94. The maximum atomic E-state index is 11.8. The van der Waals surface area contributed by atoms with Crippen LogP contribution in [0.1, 0.15) is 25.3 Å². The van der Waals surface area contributed by atoms with Crippen LogP contribution in [0.25, 0.3) is 0 Å². The van der Waals surface area contributed by atoms with E-state index in [1.807, 2.05) is 13.0 Å². The first-order chi connectivity index (χ1) is 8.99. The topological polar surface area (TPSA) is 96.0 Å². The van der Waals surface area contributed by atoms with Crippen LogP contribution in [0, 0.1) is 34.3 Å². The zero-order valence-electron chi connectivity index (χ0n) is 10.8. The van der Waals surface area contributed by atoms with Gasteiger partial charge < -0.3 is 5.32 Å². The Morgan fingerprint density at radius 3 is 2.74 bits per heavy atom. The fourth-order valence-electron chi connectivity index (χ4n) is 1.66. The molecule has 1 aromatic carbocycles. The summed E-state index contributed by atoms with van der Waals surface area (Å²) in [5, 5.41) is 22.1. The molecule has 100 valence electrons. The van der Waals surface area contributed by atoms with Gasteiger partial charge in [-0.3, -0.25) is 14.9 Å². The van der Waals surface area contributed by atoms with Crippen LogP contribution in [0.2, 0.25) is 0 Å². The number of nitro benzene ring substituents is 1. The molecule has 0 aromatic heterocycles. The molecule has 0 radical (unpaired) electrons. The maximum absolute atomic E-state index is 11.8. The average Bonchev–Trinajstić information content (AvgIpc) is 2.37. The molecule has 0 saturated heterocycles. The van der Waals surface area contributed by atoms with Crippen LogP contribution < -0.4 is 5.32 Å². The quantitative estimate of drug-likeness (QED) is 0.651. The number of carbonyl (C=O) groups is 1. The minimum atomic E-state index is -0.695. The molecule has 0 spiro atoms. The van der Waals surface area contributed by atoms with Crippen molar-refractivity contribution in [2.45, 2.75) is 26.7 Å². The van der Waals surface area contributed by atoms with E-state index in [-0.39, 0.29) is 11.6 Å². The number of hydrogen-bond donors (Lipinski definition) is 1. The number of nitrogens with zero attached hydrogens (tertiary/aromatic N) is 2. The molecule has 1 N–H and O–H groups in total. The summed E-state index contributed by atoms with van der Waals surface area (Å²) in [6.45, 7) is 3.57. The van der Waals surface area contributed by atoms with Gasteiger partial charge in [0.15, 0.2) is 0 Å². The highest BCUT2D eigenvalue weighted by atomic mass is 16.6. The van der Waals surface area contributed by atoms with Crippen LogP contribution in [-0.2, 0) is 4.79 Å². The first-order valence-corrected chi connectivity index (χ1v) is 5.95. The van der Waals surface area contributed by atoms with Crippen molar-refractivity contribution in [1.29, 1.82) is 5.26 Å². The summed E-state index contributed by atoms with van der Waals surface area (Å²) < 4.78 is 0. The number of nitrogens with one attached hydrogen (secondary N) is 1. The fourth-order valence-corrected chi connectivity index (χ4v) is 1.66. The molecule has 6 heteroatoms. The van der Waals surface area contributed by atoms with E-state index < -0.39 is 10.8 Å². The monoisotopic (exact) mass is 261 g/mol. The molecular weight excluding hydrogens is 246 g/mol. The molecule has 1 unspecified atom stereocenters. The number of aryl methyl sites for hydroxylation is 1. The summed E-state index contributed by atoms with van der Waals surface area (Å²) in [7, 11) is 0. The number of hydrogen-bond acceptors (Lipinski definition) is 4. The summed E-state index contributed by atoms with van der Waals surface area (Å²) in [4.78, 5) is 21.9. The van der Waals surface area contributed by atoms with E-state index in [1.165, 1.54) is 18.2 Å². The molecule has 1 amide bonds. The van der Waals surface area contributed by atoms with Crippen LogP contribution in [-0.4, -0.2) is 10.8 Å². The van der Waals surface area contributed by atoms with Crippen molar-refractivity contribution in [3.63, 3.8) is 0 Å². The standard InChI is InChI=1S/C13H15N3O3/c1-3-4-10(8-14)13(17)15-12-6-5-11(16(18)19)7-9(12)2/h5-7,10H,3-4H2,1-2H3,(H,15,17). The lowest BCUT2D eigenvalue weighted by molar-refractivity contribution is -0.384. The molecule has 1 atom stereocenters. The lowest BCUT2D eigenvalue weighted by Crippen LogP contribution is -2.21. The summed E-state index contributed by atoms with van der Waals surface area (Å²) in [6.07, 6.45) is 1.24. The SMILES string of the molecule is CCCC(C#N)C(=O)Nc1ccc([N+](=O)[O-])cc1C. The number of amides is 1. The second-order valence-electron chi connectivity index (χ2n) is 4.22. The minimum Gasteiger partial charge on any atom is -0.325 e. The van der Waals surface area contributed by atoms with Crippen LogP contribution in [0.3, 0.4) is 0 Å². The first kappa shape index (κ1) is 14.6. The van der Waals surface area contributed by atoms with Gasteiger partial charge in [-0.2, -0.15) is 5.26 Å². The van der Waals surface area contributed by atoms with E-state index in [9.17, 15) is 14.9 Å². The average molecular weight is 261 g/mol. The van der Waals surface area contributed by atoms with E-state index in [0.29, 0.717) is 17.7 Å². The van der Waals surface area contributed by atoms with Gasteiger partial charge in [0.25, 0.3) is 5.69 Å². The van der Waals surface area contributed by atoms with E-state index in [1.54, 1.807) is 6.92 Å². The number of anilines is 1. The van der Waals surface area contributed by atoms with Gasteiger partial charge in [-0.25, -0.2) is 0 Å². The molecule has 1 rings (SSSR count). The van der Waals surface area contributed by atoms with Gasteiger partial charge in [-0.05, 0) is 25.0 Å². The Kier molecular flexibility index (Phi) is 5.01. The van der Waals surface area contributed by atoms with E-state index >= 15 is 0 Å². The van der Waals surface area contributed by atoms with Gasteiger partial charge in [0.2, 0.25) is 5.91 Å². The molecule has 6 nitrogen and oxygen atoms in total. The smallest absolute Gasteiger partial charge is 0.269 e. The molecule has 1 aromatic rings. The van der Waals surface area contributed by atoms with Crippen molar-refractivity contribution >= 4 is 17.3 Å². The van der Waals surface area contributed by atoms with Crippen LogP contribution in [0.15, 0.2) is 18.2 Å². The molecule has 0 heterocycles. The number of nitro groups is 1. The molecule has 0 bridgehead atoms. The Labute approximate surface area is 111 Å². The Balaban J connectivity index is 2.86. The lowest BCUT2D eigenvalue weighted by atomic mass is 10.0. The molecular formula is C13H15N3O3. The third kappa shape index (κ3) is 3.78. The van der Waals surface area contributed by atoms with Crippen molar-refractivity contribution < 1.29 is 9.72 Å². The Hall–Kier alpha value is -2.42. The molecule has 0 aliphatic carbocycles. The third-order valence-electron chi connectivity index (χ3n) is 2.73. The predicted molar refractivity (Wildman–Crippen MR) is 70.5 cm³/mol. The minimum absolute atomic E-state index is 0.0270. The number of carbonyl (C=O) groups excluding carboxylic acids is 1. The molecule has 0 fully saturated rings. The van der Waals surface area contributed by atoms with Crippen molar-refractivity contribution in [3.05, 3.63) is 33.9 Å². The summed E-state index contributed by atoms with van der Waals surface area (Å²) >= 11 is 0. The highest BCUT2D eigenvalue weighted by Crippen LogP contribution is 2.22. The van der Waals surface area contributed by atoms with Gasteiger partial charge in [0, 0.05) is 17.8 Å². The number of rotatable bonds is 5. The molecule has 0 aliphatic rings. The molecule has 0 saturated carbocycles. The van der Waals surface area contributed by atoms with Crippen molar-refractivity contribution in [2.75, 3.05) is 5.32 Å². The summed E-state index contributed by atoms with van der Waals surface area (Å²) in [5.74, 6) is -1.07. The van der Waals surface area contributed by atoms with Crippen molar-refractivity contribution in [1.82, 2.24) is 0 Å². The van der Waals surface area contributed by atoms with Gasteiger partial charge in [0.05, 0.1) is 11.0 Å². The second kappa shape index (κ2) is 6.50. The predicted octanol–water partition coefficient (Wildman–Crippen LogP) is 2.78. The zero-order valence-corrected chi connectivity index (χ0v) is 10.8. The Morgan fingerprint density at radius 2 is 2.26 bits per heavy atom. The van der Waals surface area contributed by atoms with Gasteiger partial charge in [-0.1, -0.05) is 13.3 Å². The van der Waals surface area contributed by atoms with Gasteiger partial charge in [-0.15, -0.1) is 0 Å². The van der Waals surface area contributed by atoms with E-state index in [4.69, 9.17) is 5.26 Å².